The van der Waals surface area contributed by atoms with Gasteiger partial charge in [-0.25, -0.2) is 0 Å². The van der Waals surface area contributed by atoms with Crippen molar-refractivity contribution in [2.45, 2.75) is 41.5 Å². The van der Waals surface area contributed by atoms with Gasteiger partial charge in [0.2, 0.25) is 0 Å². The summed E-state index contributed by atoms with van der Waals surface area (Å²) in [5.74, 6) is -2.58. The first kappa shape index (κ1) is 18.4. The van der Waals surface area contributed by atoms with Gasteiger partial charge in [-0.1, -0.05) is 27.7 Å². The normalized spacial score (nSPS) is 15.3. The number of ether oxygens (including phenoxy) is 2. The number of rotatable bonds is 7. The van der Waals surface area contributed by atoms with E-state index in [-0.39, 0.29) is 25.0 Å². The lowest BCUT2D eigenvalue weighted by Gasteiger charge is -2.36. The molecule has 0 aliphatic rings. The monoisotopic (exact) mass is 283 g/mol. The van der Waals surface area contributed by atoms with Crippen molar-refractivity contribution < 1.29 is 19.1 Å². The predicted molar refractivity (Wildman–Crippen MR) is 74.5 cm³/mol. The van der Waals surface area contributed by atoms with Crippen LogP contribution in [0.2, 0.25) is 0 Å². The molecule has 0 bridgehead atoms. The van der Waals surface area contributed by atoms with Gasteiger partial charge >= 0.3 is 11.9 Å². The molecule has 0 N–H and O–H groups in total. The standard InChI is InChI=1S/C15H25NO4/c1-7-19-13(17)12(10(3)4)15(9-16,11(5)6)14(18)20-8-2/h10-12H,7-8H2,1-6H3/t12-,15+/m1/s1. The zero-order valence-corrected chi connectivity index (χ0v) is 13.2. The molecule has 5 heteroatoms. The molecule has 0 saturated carbocycles. The molecule has 0 amide bonds. The second-order valence-corrected chi connectivity index (χ2v) is 5.33. The fourth-order valence-electron chi connectivity index (χ4n) is 2.43. The van der Waals surface area contributed by atoms with E-state index in [4.69, 9.17) is 9.47 Å². The lowest BCUT2D eigenvalue weighted by atomic mass is 9.64. The number of nitrogens with zero attached hydrogens (tertiary/aromatic N) is 1. The van der Waals surface area contributed by atoms with Gasteiger partial charge in [0.25, 0.3) is 0 Å². The van der Waals surface area contributed by atoms with Gasteiger partial charge in [0.15, 0.2) is 5.41 Å². The van der Waals surface area contributed by atoms with Crippen molar-refractivity contribution in [1.82, 2.24) is 0 Å². The maximum atomic E-state index is 12.3. The van der Waals surface area contributed by atoms with Crippen LogP contribution in [0.5, 0.6) is 0 Å². The molecule has 0 saturated heterocycles. The molecule has 0 aromatic rings. The first-order valence-corrected chi connectivity index (χ1v) is 7.04. The Morgan fingerprint density at radius 2 is 1.60 bits per heavy atom. The van der Waals surface area contributed by atoms with Crippen LogP contribution in [0.3, 0.4) is 0 Å². The van der Waals surface area contributed by atoms with E-state index in [1.807, 2.05) is 6.07 Å². The smallest absolute Gasteiger partial charge is 0.327 e. The molecule has 5 nitrogen and oxygen atoms in total. The van der Waals surface area contributed by atoms with Gasteiger partial charge in [-0.05, 0) is 25.7 Å². The Morgan fingerprint density at radius 1 is 1.10 bits per heavy atom. The first-order chi connectivity index (χ1) is 9.29. The van der Waals surface area contributed by atoms with Crippen LogP contribution in [-0.4, -0.2) is 25.2 Å². The molecule has 114 valence electrons. The lowest BCUT2D eigenvalue weighted by Crippen LogP contribution is -2.49. The summed E-state index contributed by atoms with van der Waals surface area (Å²) in [5, 5.41) is 9.62. The molecule has 0 aromatic heterocycles. The molecule has 20 heavy (non-hydrogen) atoms. The van der Waals surface area contributed by atoms with E-state index < -0.39 is 23.3 Å². The number of nitriles is 1. The third kappa shape index (κ3) is 3.50. The van der Waals surface area contributed by atoms with E-state index in [2.05, 4.69) is 0 Å². The Kier molecular flexibility index (Phi) is 7.26. The Hall–Kier alpha value is -1.57. The summed E-state index contributed by atoms with van der Waals surface area (Å²) >= 11 is 0. The fraction of sp³-hybridized carbons (Fsp3) is 0.800. The van der Waals surface area contributed by atoms with Gasteiger partial charge in [0.05, 0.1) is 25.2 Å². The minimum Gasteiger partial charge on any atom is -0.466 e. The van der Waals surface area contributed by atoms with E-state index in [0.717, 1.165) is 0 Å². The first-order valence-electron chi connectivity index (χ1n) is 7.04. The Labute approximate surface area is 121 Å². The van der Waals surface area contributed by atoms with Gasteiger partial charge in [-0.15, -0.1) is 0 Å². The number of esters is 2. The second-order valence-electron chi connectivity index (χ2n) is 5.33. The van der Waals surface area contributed by atoms with Gasteiger partial charge in [-0.2, -0.15) is 5.26 Å². The minimum atomic E-state index is -1.52. The summed E-state index contributed by atoms with van der Waals surface area (Å²) < 4.78 is 10.1. The molecule has 0 spiro atoms. The van der Waals surface area contributed by atoms with Crippen LogP contribution in [0.25, 0.3) is 0 Å². The van der Waals surface area contributed by atoms with Crippen molar-refractivity contribution in [3.05, 3.63) is 0 Å². The Balaban J connectivity index is 5.85. The third-order valence-corrected chi connectivity index (χ3v) is 3.41. The molecule has 2 atom stereocenters. The predicted octanol–water partition coefficient (Wildman–Crippen LogP) is 2.55. The summed E-state index contributed by atoms with van der Waals surface area (Å²) in [6.07, 6.45) is 0. The van der Waals surface area contributed by atoms with Crippen LogP contribution >= 0.6 is 0 Å². The van der Waals surface area contributed by atoms with Crippen molar-refractivity contribution in [3.8, 4) is 6.07 Å². The van der Waals surface area contributed by atoms with Gasteiger partial charge < -0.3 is 9.47 Å². The summed E-state index contributed by atoms with van der Waals surface area (Å²) in [6, 6.07) is 2.04. The van der Waals surface area contributed by atoms with Gasteiger partial charge in [0.1, 0.15) is 0 Å². The summed E-state index contributed by atoms with van der Waals surface area (Å²) in [5.41, 5.74) is -1.52. The summed E-state index contributed by atoms with van der Waals surface area (Å²) in [7, 11) is 0. The lowest BCUT2D eigenvalue weighted by molar-refractivity contribution is -0.170. The molecule has 0 rings (SSSR count). The van der Waals surface area contributed by atoms with Gasteiger partial charge in [-0.3, -0.25) is 9.59 Å². The van der Waals surface area contributed by atoms with Crippen molar-refractivity contribution in [2.24, 2.45) is 23.2 Å². The average Bonchev–Trinajstić information content (AvgIpc) is 2.34. The van der Waals surface area contributed by atoms with Crippen LogP contribution in [-0.2, 0) is 19.1 Å². The van der Waals surface area contributed by atoms with E-state index in [9.17, 15) is 14.9 Å². The van der Waals surface area contributed by atoms with Crippen LogP contribution in [0, 0.1) is 34.5 Å². The zero-order valence-electron chi connectivity index (χ0n) is 13.2. The van der Waals surface area contributed by atoms with E-state index in [1.165, 1.54) is 0 Å². The van der Waals surface area contributed by atoms with Crippen LogP contribution < -0.4 is 0 Å². The van der Waals surface area contributed by atoms with Crippen LogP contribution in [0.1, 0.15) is 41.5 Å². The van der Waals surface area contributed by atoms with E-state index in [0.29, 0.717) is 0 Å². The van der Waals surface area contributed by atoms with E-state index >= 15 is 0 Å². The molecule has 0 aliphatic heterocycles. The molecule has 0 aromatic carbocycles. The number of hydrogen-bond donors (Lipinski definition) is 0. The highest BCUT2D eigenvalue weighted by Gasteiger charge is 2.55. The highest BCUT2D eigenvalue weighted by Crippen LogP contribution is 2.41. The number of carbonyl (C=O) groups is 2. The largest absolute Gasteiger partial charge is 0.466 e. The quantitative estimate of drug-likeness (QED) is 0.671. The fourth-order valence-corrected chi connectivity index (χ4v) is 2.43. The average molecular weight is 283 g/mol. The topological polar surface area (TPSA) is 76.4 Å². The van der Waals surface area contributed by atoms with E-state index in [1.54, 1.807) is 41.5 Å². The molecule has 0 aliphatic carbocycles. The SMILES string of the molecule is CCOC(=O)[C@@H](C(C)C)[C@@](C#N)(C(=O)OCC)C(C)C. The number of carbonyl (C=O) groups excluding carboxylic acids is 2. The third-order valence-electron chi connectivity index (χ3n) is 3.41. The molecule has 0 heterocycles. The van der Waals surface area contributed by atoms with Crippen molar-refractivity contribution in [1.29, 1.82) is 5.26 Å². The maximum absolute atomic E-state index is 12.3. The highest BCUT2D eigenvalue weighted by atomic mass is 16.5. The van der Waals surface area contributed by atoms with Gasteiger partial charge in [0, 0.05) is 0 Å². The van der Waals surface area contributed by atoms with Crippen molar-refractivity contribution in [3.63, 3.8) is 0 Å². The Morgan fingerprint density at radius 3 is 1.90 bits per heavy atom. The Bertz CT molecular complexity index is 384. The van der Waals surface area contributed by atoms with Crippen molar-refractivity contribution >= 4 is 11.9 Å². The number of hydrogen-bond acceptors (Lipinski definition) is 5. The molecule has 0 fully saturated rings. The zero-order chi connectivity index (χ0) is 15.9. The molecule has 0 radical (unpaired) electrons. The van der Waals surface area contributed by atoms with Crippen molar-refractivity contribution in [2.75, 3.05) is 13.2 Å². The minimum absolute atomic E-state index is 0.169. The maximum Gasteiger partial charge on any atom is 0.327 e. The van der Waals surface area contributed by atoms with Crippen LogP contribution in [0.15, 0.2) is 0 Å². The van der Waals surface area contributed by atoms with Crippen LogP contribution in [0.4, 0.5) is 0 Å². The molecular formula is C15H25NO4. The second kappa shape index (κ2) is 7.88. The summed E-state index contributed by atoms with van der Waals surface area (Å²) in [6.45, 7) is 10.8. The highest BCUT2D eigenvalue weighted by molar-refractivity contribution is 5.88. The molecule has 0 unspecified atom stereocenters. The molecular weight excluding hydrogens is 258 g/mol. The summed E-state index contributed by atoms with van der Waals surface area (Å²) in [4.78, 5) is 24.6.